The average molecular weight is 442 g/mol. The fourth-order valence-corrected chi connectivity index (χ4v) is 4.57. The molecule has 1 N–H and O–H groups in total. The van der Waals surface area contributed by atoms with E-state index in [4.69, 9.17) is 28.6 Å². The number of halogens is 3. The molecular weight excluding hydrogens is 427 g/mol. The summed E-state index contributed by atoms with van der Waals surface area (Å²) in [6.07, 6.45) is 0. The number of thiocarbonyl (C=S) groups is 1. The molecule has 2 bridgehead atoms. The first-order valence-electron chi connectivity index (χ1n) is 7.85. The Labute approximate surface area is 164 Å². The Morgan fingerprint density at radius 1 is 1.32 bits per heavy atom. The van der Waals surface area contributed by atoms with Crippen molar-refractivity contribution in [3.8, 4) is 5.75 Å². The first kappa shape index (κ1) is 17.1. The van der Waals surface area contributed by atoms with Crippen LogP contribution >= 0.6 is 39.7 Å². The Morgan fingerprint density at radius 2 is 2.08 bits per heavy atom. The van der Waals surface area contributed by atoms with Crippen LogP contribution in [-0.2, 0) is 0 Å². The molecule has 130 valence electrons. The van der Waals surface area contributed by atoms with Crippen molar-refractivity contribution < 1.29 is 9.13 Å². The summed E-state index contributed by atoms with van der Waals surface area (Å²) in [5, 5.41) is 3.99. The van der Waals surface area contributed by atoms with Gasteiger partial charge in [-0.05, 0) is 55.5 Å². The molecule has 0 unspecified atom stereocenters. The average Bonchev–Trinajstić information content (AvgIpc) is 2.55. The van der Waals surface area contributed by atoms with Gasteiger partial charge in [-0.25, -0.2) is 4.39 Å². The van der Waals surface area contributed by atoms with Gasteiger partial charge >= 0.3 is 0 Å². The third-order valence-corrected chi connectivity index (χ3v) is 6.14. The van der Waals surface area contributed by atoms with Crippen molar-refractivity contribution in [2.24, 2.45) is 5.92 Å². The standard InChI is InChI=1S/C18H15BrClFN2OS/c1-9-16-12-7-10(19)3-6-15(12)24-18(9,2)23(17(25)22-16)11-4-5-14(21)13(20)8-11/h3-9,16H,1-2H3,(H,22,25)/t9-,16-,18+/m1/s1. The molecule has 0 spiro atoms. The summed E-state index contributed by atoms with van der Waals surface area (Å²) in [5.41, 5.74) is 1.05. The molecule has 3 nitrogen and oxygen atoms in total. The number of nitrogens with zero attached hydrogens (tertiary/aromatic N) is 1. The Kier molecular flexibility index (Phi) is 3.98. The number of hydrogen-bond donors (Lipinski definition) is 1. The summed E-state index contributed by atoms with van der Waals surface area (Å²) < 4.78 is 21.0. The lowest BCUT2D eigenvalue weighted by atomic mass is 9.80. The molecule has 2 aliphatic rings. The Hall–Kier alpha value is -1.37. The van der Waals surface area contributed by atoms with Gasteiger partial charge in [-0.1, -0.05) is 34.5 Å². The van der Waals surface area contributed by atoms with Gasteiger partial charge in [0.15, 0.2) is 10.8 Å². The number of ether oxygens (including phenoxy) is 1. The van der Waals surface area contributed by atoms with Crippen molar-refractivity contribution in [1.82, 2.24) is 5.32 Å². The third-order valence-electron chi connectivity index (χ3n) is 5.06. The summed E-state index contributed by atoms with van der Waals surface area (Å²) in [6, 6.07) is 10.6. The van der Waals surface area contributed by atoms with E-state index in [0.717, 1.165) is 15.8 Å². The first-order valence-corrected chi connectivity index (χ1v) is 9.43. The number of hydrogen-bond acceptors (Lipinski definition) is 2. The fourth-order valence-electron chi connectivity index (χ4n) is 3.60. The highest BCUT2D eigenvalue weighted by Crippen LogP contribution is 2.49. The molecule has 0 aliphatic carbocycles. The van der Waals surface area contributed by atoms with Gasteiger partial charge in [-0.3, -0.25) is 4.90 Å². The maximum atomic E-state index is 13.6. The van der Waals surface area contributed by atoms with Gasteiger partial charge in [0, 0.05) is 21.6 Å². The van der Waals surface area contributed by atoms with Crippen molar-refractivity contribution in [3.05, 3.63) is 57.3 Å². The van der Waals surface area contributed by atoms with Crippen LogP contribution in [0.5, 0.6) is 5.75 Å². The molecule has 4 rings (SSSR count). The van der Waals surface area contributed by atoms with Crippen LogP contribution in [0.15, 0.2) is 40.9 Å². The quantitative estimate of drug-likeness (QED) is 0.597. The lowest BCUT2D eigenvalue weighted by Gasteiger charge is -2.56. The predicted molar refractivity (Wildman–Crippen MR) is 105 cm³/mol. The predicted octanol–water partition coefficient (Wildman–Crippen LogP) is 5.42. The van der Waals surface area contributed by atoms with E-state index in [1.807, 2.05) is 24.0 Å². The molecule has 1 saturated heterocycles. The SMILES string of the molecule is C[C@@H]1[C@H]2NC(=S)N(c3ccc(F)c(Cl)c3)[C@@]1(C)Oc1ccc(Br)cc12. The summed E-state index contributed by atoms with van der Waals surface area (Å²) in [6.45, 7) is 4.11. The van der Waals surface area contributed by atoms with E-state index in [0.29, 0.717) is 10.8 Å². The van der Waals surface area contributed by atoms with E-state index in [2.05, 4.69) is 34.2 Å². The monoisotopic (exact) mass is 440 g/mol. The number of nitrogens with one attached hydrogen (secondary N) is 1. The minimum Gasteiger partial charge on any atom is -0.467 e. The highest BCUT2D eigenvalue weighted by atomic mass is 79.9. The van der Waals surface area contributed by atoms with Crippen LogP contribution in [0.25, 0.3) is 0 Å². The van der Waals surface area contributed by atoms with Crippen molar-refractivity contribution in [2.45, 2.75) is 25.6 Å². The van der Waals surface area contributed by atoms with E-state index < -0.39 is 11.5 Å². The molecule has 2 aromatic rings. The summed E-state index contributed by atoms with van der Waals surface area (Å²) in [4.78, 5) is 1.87. The molecule has 0 amide bonds. The molecule has 2 aromatic carbocycles. The van der Waals surface area contributed by atoms with E-state index >= 15 is 0 Å². The van der Waals surface area contributed by atoms with Crippen molar-refractivity contribution in [1.29, 1.82) is 0 Å². The third kappa shape index (κ3) is 2.54. The molecule has 1 fully saturated rings. The van der Waals surface area contributed by atoms with Gasteiger partial charge in [0.1, 0.15) is 11.6 Å². The number of rotatable bonds is 1. The van der Waals surface area contributed by atoms with Gasteiger partial charge in [0.25, 0.3) is 0 Å². The fraction of sp³-hybridized carbons (Fsp3) is 0.278. The summed E-state index contributed by atoms with van der Waals surface area (Å²) in [7, 11) is 0. The van der Waals surface area contributed by atoms with Crippen LogP contribution in [0.4, 0.5) is 10.1 Å². The molecule has 7 heteroatoms. The Bertz CT molecular complexity index is 895. The molecule has 0 saturated carbocycles. The molecule has 0 radical (unpaired) electrons. The van der Waals surface area contributed by atoms with Crippen molar-refractivity contribution in [3.63, 3.8) is 0 Å². The van der Waals surface area contributed by atoms with Crippen molar-refractivity contribution >= 4 is 50.5 Å². The second-order valence-corrected chi connectivity index (χ2v) is 8.20. The maximum Gasteiger partial charge on any atom is 0.190 e. The topological polar surface area (TPSA) is 24.5 Å². The van der Waals surface area contributed by atoms with Crippen LogP contribution < -0.4 is 15.0 Å². The first-order chi connectivity index (χ1) is 11.8. The molecule has 25 heavy (non-hydrogen) atoms. The number of benzene rings is 2. The van der Waals surface area contributed by atoms with Gasteiger partial charge in [-0.15, -0.1) is 0 Å². The minimum absolute atomic E-state index is 0.0333. The van der Waals surface area contributed by atoms with Gasteiger partial charge in [-0.2, -0.15) is 0 Å². The highest BCUT2D eigenvalue weighted by Gasteiger charge is 2.53. The number of fused-ring (bicyclic) bond motifs is 4. The van der Waals surface area contributed by atoms with E-state index in [1.165, 1.54) is 6.07 Å². The zero-order valence-corrected chi connectivity index (χ0v) is 16.7. The van der Waals surface area contributed by atoms with Gasteiger partial charge in [0.2, 0.25) is 0 Å². The number of anilines is 1. The second-order valence-electron chi connectivity index (χ2n) is 6.49. The molecule has 3 atom stereocenters. The van der Waals surface area contributed by atoms with Crippen molar-refractivity contribution in [2.75, 3.05) is 4.90 Å². The molecule has 0 aromatic heterocycles. The summed E-state index contributed by atoms with van der Waals surface area (Å²) in [5.74, 6) is 0.434. The van der Waals surface area contributed by atoms with Crippen LogP contribution in [0.1, 0.15) is 25.5 Å². The smallest absolute Gasteiger partial charge is 0.190 e. The molecule has 2 aliphatic heterocycles. The Balaban J connectivity index is 1.85. The van der Waals surface area contributed by atoms with E-state index in [9.17, 15) is 4.39 Å². The van der Waals surface area contributed by atoms with Crippen LogP contribution in [0.2, 0.25) is 5.02 Å². The van der Waals surface area contributed by atoms with Crippen LogP contribution in [0.3, 0.4) is 0 Å². The molecular formula is C18H15BrClFN2OS. The summed E-state index contributed by atoms with van der Waals surface area (Å²) >= 11 is 15.1. The zero-order valence-electron chi connectivity index (χ0n) is 13.5. The Morgan fingerprint density at radius 3 is 2.80 bits per heavy atom. The highest BCUT2D eigenvalue weighted by molar-refractivity contribution is 9.10. The lowest BCUT2D eigenvalue weighted by Crippen LogP contribution is -2.69. The minimum atomic E-state index is -0.713. The van der Waals surface area contributed by atoms with Crippen LogP contribution in [0, 0.1) is 11.7 Å². The normalized spacial score (nSPS) is 27.4. The second kappa shape index (κ2) is 5.83. The van der Waals surface area contributed by atoms with Crippen LogP contribution in [-0.4, -0.2) is 10.8 Å². The largest absolute Gasteiger partial charge is 0.467 e. The molecule has 2 heterocycles. The maximum absolute atomic E-state index is 13.6. The zero-order chi connectivity index (χ0) is 17.9. The lowest BCUT2D eigenvalue weighted by molar-refractivity contribution is -0.00321. The van der Waals surface area contributed by atoms with E-state index in [1.54, 1.807) is 12.1 Å². The van der Waals surface area contributed by atoms with Gasteiger partial charge in [0.05, 0.1) is 11.1 Å². The van der Waals surface area contributed by atoms with E-state index in [-0.39, 0.29) is 17.0 Å². The van der Waals surface area contributed by atoms with Gasteiger partial charge < -0.3 is 10.1 Å².